The van der Waals surface area contributed by atoms with Crippen LogP contribution in [0.3, 0.4) is 0 Å². The van der Waals surface area contributed by atoms with Crippen molar-refractivity contribution in [3.05, 3.63) is 53.3 Å². The van der Waals surface area contributed by atoms with Gasteiger partial charge in [0, 0.05) is 5.69 Å². The number of carboxylic acids is 1. The fraction of sp³-hybridized carbons (Fsp3) is 0.0667. The van der Waals surface area contributed by atoms with Gasteiger partial charge in [-0.05, 0) is 47.5 Å². The van der Waals surface area contributed by atoms with Crippen LogP contribution in [-0.2, 0) is 4.74 Å². The summed E-state index contributed by atoms with van der Waals surface area (Å²) in [4.78, 5) is 22.5. The number of benzene rings is 2. The van der Waals surface area contributed by atoms with Crippen LogP contribution in [0, 0.1) is 5.82 Å². The van der Waals surface area contributed by atoms with Crippen molar-refractivity contribution in [1.82, 2.24) is 0 Å². The fourth-order valence-corrected chi connectivity index (χ4v) is 1.93. The number of carbonyl (C=O) groups is 2. The van der Waals surface area contributed by atoms with Gasteiger partial charge in [-0.25, -0.2) is 14.0 Å². The predicted molar refractivity (Wildman–Crippen MR) is 74.5 cm³/mol. The molecule has 0 atom stereocenters. The molecule has 108 valence electrons. The lowest BCUT2D eigenvalue weighted by atomic mass is 10.00. The monoisotopic (exact) mass is 289 g/mol. The van der Waals surface area contributed by atoms with Crippen LogP contribution >= 0.6 is 0 Å². The SMILES string of the molecule is COC(=O)c1cc(F)cc(-c2cc(N)cc(C(=O)O)c2)c1. The number of anilines is 1. The number of esters is 1. The van der Waals surface area contributed by atoms with E-state index in [9.17, 15) is 14.0 Å². The average molecular weight is 289 g/mol. The highest BCUT2D eigenvalue weighted by Gasteiger charge is 2.12. The molecule has 5 nitrogen and oxygen atoms in total. The summed E-state index contributed by atoms with van der Waals surface area (Å²) in [5, 5.41) is 9.01. The molecule has 0 unspecified atom stereocenters. The van der Waals surface area contributed by atoms with Gasteiger partial charge >= 0.3 is 11.9 Å². The molecule has 2 aromatic rings. The van der Waals surface area contributed by atoms with E-state index < -0.39 is 17.8 Å². The van der Waals surface area contributed by atoms with Gasteiger partial charge in [-0.3, -0.25) is 0 Å². The lowest BCUT2D eigenvalue weighted by molar-refractivity contribution is 0.0599. The molecule has 2 rings (SSSR count). The standard InChI is InChI=1S/C15H12FNO4/c1-21-15(20)11-3-8(4-12(16)5-11)9-2-10(14(18)19)7-13(17)6-9/h2-7H,17H2,1H3,(H,18,19). The van der Waals surface area contributed by atoms with E-state index in [0.717, 1.165) is 6.07 Å². The van der Waals surface area contributed by atoms with Gasteiger partial charge in [-0.1, -0.05) is 0 Å². The van der Waals surface area contributed by atoms with Crippen molar-refractivity contribution in [2.45, 2.75) is 0 Å². The Morgan fingerprint density at radius 3 is 2.29 bits per heavy atom. The largest absolute Gasteiger partial charge is 0.478 e. The van der Waals surface area contributed by atoms with Crippen LogP contribution in [0.15, 0.2) is 36.4 Å². The van der Waals surface area contributed by atoms with E-state index in [0.29, 0.717) is 11.1 Å². The quantitative estimate of drug-likeness (QED) is 0.669. The maximum atomic E-state index is 13.6. The molecule has 3 N–H and O–H groups in total. The maximum Gasteiger partial charge on any atom is 0.337 e. The van der Waals surface area contributed by atoms with Crippen LogP contribution in [0.1, 0.15) is 20.7 Å². The van der Waals surface area contributed by atoms with Crippen LogP contribution < -0.4 is 5.73 Å². The summed E-state index contributed by atoms with van der Waals surface area (Å²) >= 11 is 0. The highest BCUT2D eigenvalue weighted by molar-refractivity contribution is 5.93. The number of carboxylic acid groups (broad SMARTS) is 1. The van der Waals surface area contributed by atoms with Crippen LogP contribution in [-0.4, -0.2) is 24.2 Å². The summed E-state index contributed by atoms with van der Waals surface area (Å²) in [7, 11) is 1.19. The van der Waals surface area contributed by atoms with E-state index >= 15 is 0 Å². The molecule has 0 saturated heterocycles. The van der Waals surface area contributed by atoms with Gasteiger partial charge in [0.25, 0.3) is 0 Å². The Bertz CT molecular complexity index is 728. The lowest BCUT2D eigenvalue weighted by Gasteiger charge is -2.08. The number of rotatable bonds is 3. The van der Waals surface area contributed by atoms with Crippen molar-refractivity contribution in [3.63, 3.8) is 0 Å². The van der Waals surface area contributed by atoms with Gasteiger partial charge in [-0.15, -0.1) is 0 Å². The molecule has 0 radical (unpaired) electrons. The van der Waals surface area contributed by atoms with E-state index in [1.54, 1.807) is 0 Å². The van der Waals surface area contributed by atoms with E-state index in [1.807, 2.05) is 0 Å². The number of halogens is 1. The first-order valence-corrected chi connectivity index (χ1v) is 5.94. The van der Waals surface area contributed by atoms with Crippen LogP contribution in [0.2, 0.25) is 0 Å². The normalized spacial score (nSPS) is 10.2. The molecular formula is C15H12FNO4. The molecule has 6 heteroatoms. The Balaban J connectivity index is 2.58. The van der Waals surface area contributed by atoms with Crippen molar-refractivity contribution in [3.8, 4) is 11.1 Å². The second-order valence-electron chi connectivity index (χ2n) is 4.37. The summed E-state index contributed by atoms with van der Waals surface area (Å²) in [6.45, 7) is 0. The Hall–Kier alpha value is -2.89. The maximum absolute atomic E-state index is 13.6. The average Bonchev–Trinajstić information content (AvgIpc) is 2.45. The zero-order valence-electron chi connectivity index (χ0n) is 11.1. The second kappa shape index (κ2) is 5.62. The van der Waals surface area contributed by atoms with E-state index in [-0.39, 0.29) is 16.8 Å². The first-order valence-electron chi connectivity index (χ1n) is 5.94. The summed E-state index contributed by atoms with van der Waals surface area (Å²) in [6.07, 6.45) is 0. The fourth-order valence-electron chi connectivity index (χ4n) is 1.93. The number of methoxy groups -OCH3 is 1. The van der Waals surface area contributed by atoms with Crippen LogP contribution in [0.25, 0.3) is 11.1 Å². The third kappa shape index (κ3) is 3.17. The molecule has 0 aliphatic rings. The number of nitrogen functional groups attached to an aromatic ring is 1. The molecule has 0 fully saturated rings. The first kappa shape index (κ1) is 14.5. The lowest BCUT2D eigenvalue weighted by Crippen LogP contribution is -2.03. The molecule has 0 saturated carbocycles. The van der Waals surface area contributed by atoms with Gasteiger partial charge in [0.2, 0.25) is 0 Å². The second-order valence-corrected chi connectivity index (χ2v) is 4.37. The van der Waals surface area contributed by atoms with Crippen molar-refractivity contribution in [2.24, 2.45) is 0 Å². The minimum atomic E-state index is -1.15. The summed E-state index contributed by atoms with van der Waals surface area (Å²) in [5.74, 6) is -2.46. The number of hydrogen-bond acceptors (Lipinski definition) is 4. The predicted octanol–water partition coefficient (Wildman–Crippen LogP) is 2.56. The van der Waals surface area contributed by atoms with Crippen LogP contribution in [0.4, 0.5) is 10.1 Å². The number of nitrogens with two attached hydrogens (primary N) is 1. The third-order valence-corrected chi connectivity index (χ3v) is 2.85. The number of ether oxygens (including phenoxy) is 1. The van der Waals surface area contributed by atoms with Gasteiger partial charge in [-0.2, -0.15) is 0 Å². The summed E-state index contributed by atoms with van der Waals surface area (Å²) in [5.41, 5.74) is 6.63. The molecule has 0 heterocycles. The number of aromatic carboxylic acids is 1. The molecular weight excluding hydrogens is 277 g/mol. The molecule has 0 spiro atoms. The first-order chi connectivity index (χ1) is 9.90. The number of hydrogen-bond donors (Lipinski definition) is 2. The number of carbonyl (C=O) groups excluding carboxylic acids is 1. The molecule has 0 bridgehead atoms. The van der Waals surface area contributed by atoms with E-state index in [4.69, 9.17) is 10.8 Å². The third-order valence-electron chi connectivity index (χ3n) is 2.85. The molecule has 2 aromatic carbocycles. The Morgan fingerprint density at radius 2 is 1.67 bits per heavy atom. The van der Waals surface area contributed by atoms with Crippen molar-refractivity contribution in [1.29, 1.82) is 0 Å². The molecule has 0 aliphatic heterocycles. The van der Waals surface area contributed by atoms with Gasteiger partial charge in [0.15, 0.2) is 0 Å². The molecule has 0 aliphatic carbocycles. The van der Waals surface area contributed by atoms with Crippen molar-refractivity contribution < 1.29 is 23.8 Å². The van der Waals surface area contributed by atoms with Gasteiger partial charge in [0.1, 0.15) is 5.82 Å². The smallest absolute Gasteiger partial charge is 0.337 e. The van der Waals surface area contributed by atoms with Crippen LogP contribution in [0.5, 0.6) is 0 Å². The minimum Gasteiger partial charge on any atom is -0.478 e. The minimum absolute atomic E-state index is 0.0196. The Morgan fingerprint density at radius 1 is 1.05 bits per heavy atom. The molecule has 0 amide bonds. The van der Waals surface area contributed by atoms with Gasteiger partial charge < -0.3 is 15.6 Å². The zero-order chi connectivity index (χ0) is 15.6. The summed E-state index contributed by atoms with van der Waals surface area (Å²) < 4.78 is 18.2. The highest BCUT2D eigenvalue weighted by atomic mass is 19.1. The zero-order valence-corrected chi connectivity index (χ0v) is 11.1. The van der Waals surface area contributed by atoms with E-state index in [2.05, 4.69) is 4.74 Å². The Labute approximate surface area is 119 Å². The Kier molecular flexibility index (Phi) is 3.89. The topological polar surface area (TPSA) is 89.6 Å². The van der Waals surface area contributed by atoms with E-state index in [1.165, 1.54) is 37.4 Å². The highest BCUT2D eigenvalue weighted by Crippen LogP contribution is 2.26. The molecule has 0 aromatic heterocycles. The molecule has 21 heavy (non-hydrogen) atoms. The van der Waals surface area contributed by atoms with Crippen molar-refractivity contribution >= 4 is 17.6 Å². The van der Waals surface area contributed by atoms with Gasteiger partial charge in [0.05, 0.1) is 18.2 Å². The summed E-state index contributed by atoms with van der Waals surface area (Å²) in [6, 6.07) is 7.80. The van der Waals surface area contributed by atoms with Crippen molar-refractivity contribution in [2.75, 3.05) is 12.8 Å².